The number of rotatable bonds is 12. The second-order valence-corrected chi connectivity index (χ2v) is 6.53. The number of carbonyl (C=O) groups is 2. The van der Waals surface area contributed by atoms with Gasteiger partial charge < -0.3 is 23.7 Å². The molecule has 0 fully saturated rings. The van der Waals surface area contributed by atoms with Gasteiger partial charge in [0.1, 0.15) is 24.4 Å². The summed E-state index contributed by atoms with van der Waals surface area (Å²) < 4.78 is 25.4. The molecule has 0 spiro atoms. The Morgan fingerprint density at radius 2 is 1.44 bits per heavy atom. The molecule has 0 heterocycles. The minimum Gasteiger partial charge on any atom is -0.432 e. The highest BCUT2D eigenvalue weighted by Gasteiger charge is 2.24. The fourth-order valence-electron chi connectivity index (χ4n) is 1.68. The predicted octanol–water partition coefficient (Wildman–Crippen LogP) is 4.02. The van der Waals surface area contributed by atoms with Crippen molar-refractivity contribution in [3.8, 4) is 0 Å². The van der Waals surface area contributed by atoms with Crippen LogP contribution in [0.25, 0.3) is 0 Å². The Kier molecular flexibility index (Phi) is 10.6. The summed E-state index contributed by atoms with van der Waals surface area (Å²) in [5.41, 5.74) is -1.38. The summed E-state index contributed by atoms with van der Waals surface area (Å²) in [5.74, 6) is 0. The lowest BCUT2D eigenvalue weighted by Gasteiger charge is -2.24. The molecule has 0 aromatic carbocycles. The van der Waals surface area contributed by atoms with E-state index in [1.807, 2.05) is 0 Å². The van der Waals surface area contributed by atoms with Gasteiger partial charge in [-0.15, -0.1) is 6.58 Å². The normalized spacial score (nSPS) is 11.4. The molecule has 0 N–H and O–H groups in total. The first-order valence-electron chi connectivity index (χ1n) is 8.13. The maximum atomic E-state index is 11.5. The first kappa shape index (κ1) is 23.0. The van der Waals surface area contributed by atoms with E-state index in [0.717, 1.165) is 0 Å². The number of hydrogen-bond donors (Lipinski definition) is 0. The molecule has 7 heteroatoms. The van der Waals surface area contributed by atoms with Crippen LogP contribution < -0.4 is 0 Å². The van der Waals surface area contributed by atoms with Crippen LogP contribution in [0.1, 0.15) is 40.5 Å². The zero-order valence-corrected chi connectivity index (χ0v) is 15.7. The van der Waals surface area contributed by atoms with Crippen LogP contribution in [0.15, 0.2) is 25.3 Å². The highest BCUT2D eigenvalue weighted by molar-refractivity contribution is 5.60. The van der Waals surface area contributed by atoms with Crippen LogP contribution in [0.5, 0.6) is 0 Å². The first-order chi connectivity index (χ1) is 11.6. The Labute approximate surface area is 149 Å². The van der Waals surface area contributed by atoms with Crippen molar-refractivity contribution in [2.75, 3.05) is 26.4 Å². The van der Waals surface area contributed by atoms with Crippen molar-refractivity contribution in [2.24, 2.45) is 0 Å². The number of hydrogen-bond acceptors (Lipinski definition) is 7. The summed E-state index contributed by atoms with van der Waals surface area (Å²) in [6, 6.07) is 0. The monoisotopic (exact) mass is 358 g/mol. The lowest BCUT2D eigenvalue weighted by molar-refractivity contribution is -0.0413. The molecule has 25 heavy (non-hydrogen) atoms. The molecule has 0 atom stereocenters. The minimum absolute atomic E-state index is 0.0751. The van der Waals surface area contributed by atoms with Crippen LogP contribution in [0.2, 0.25) is 0 Å². The summed E-state index contributed by atoms with van der Waals surface area (Å²) in [5, 5.41) is 0. The third-order valence-electron chi connectivity index (χ3n) is 2.97. The summed E-state index contributed by atoms with van der Waals surface area (Å²) in [6.07, 6.45) is 2.63. The molecule has 0 saturated carbocycles. The van der Waals surface area contributed by atoms with Gasteiger partial charge in [0.15, 0.2) is 0 Å². The molecule has 144 valence electrons. The average Bonchev–Trinajstić information content (AvgIpc) is 2.47. The molecule has 0 aliphatic rings. The Bertz CT molecular complexity index is 441. The van der Waals surface area contributed by atoms with E-state index in [1.54, 1.807) is 33.8 Å². The fourth-order valence-corrected chi connectivity index (χ4v) is 1.68. The molecule has 0 bridgehead atoms. The maximum absolute atomic E-state index is 11.5. The van der Waals surface area contributed by atoms with Gasteiger partial charge in [0.2, 0.25) is 0 Å². The van der Waals surface area contributed by atoms with E-state index in [9.17, 15) is 9.59 Å². The topological polar surface area (TPSA) is 80.3 Å². The molecule has 0 aliphatic carbocycles. The highest BCUT2D eigenvalue weighted by atomic mass is 16.7. The van der Waals surface area contributed by atoms with Crippen molar-refractivity contribution in [1.82, 2.24) is 0 Å². The molecular formula is C18H30O7. The van der Waals surface area contributed by atoms with Gasteiger partial charge in [-0.1, -0.05) is 18.7 Å². The van der Waals surface area contributed by atoms with E-state index in [2.05, 4.69) is 13.2 Å². The second-order valence-electron chi connectivity index (χ2n) is 6.53. The van der Waals surface area contributed by atoms with Gasteiger partial charge in [-0.25, -0.2) is 9.59 Å². The van der Waals surface area contributed by atoms with Crippen LogP contribution in [0, 0.1) is 0 Å². The second kappa shape index (κ2) is 11.5. The lowest BCUT2D eigenvalue weighted by Crippen LogP contribution is -2.30. The lowest BCUT2D eigenvalue weighted by atomic mass is 10.1. The molecule has 0 aromatic heterocycles. The van der Waals surface area contributed by atoms with E-state index in [-0.39, 0.29) is 19.8 Å². The fraction of sp³-hybridized carbons (Fsp3) is 0.667. The van der Waals surface area contributed by atoms with Gasteiger partial charge in [-0.05, 0) is 27.7 Å². The van der Waals surface area contributed by atoms with Crippen LogP contribution >= 0.6 is 0 Å². The van der Waals surface area contributed by atoms with Gasteiger partial charge >= 0.3 is 12.3 Å². The van der Waals surface area contributed by atoms with Crippen molar-refractivity contribution >= 4 is 12.3 Å². The van der Waals surface area contributed by atoms with Gasteiger partial charge in [0.25, 0.3) is 0 Å². The molecule has 0 rings (SSSR count). The standard InChI is InChI=1S/C18H30O7/c1-7-9-17(3,4)24-16(20)23-14-13-21-12-10-18(5,6)25-15(19)22-11-8-2/h7-8H,1-2,9-14H2,3-6H3. The van der Waals surface area contributed by atoms with Crippen LogP contribution in [-0.2, 0) is 23.7 Å². The number of ether oxygens (including phenoxy) is 5. The molecule has 0 radical (unpaired) electrons. The zero-order valence-electron chi connectivity index (χ0n) is 15.7. The van der Waals surface area contributed by atoms with E-state index in [0.29, 0.717) is 19.4 Å². The van der Waals surface area contributed by atoms with Crippen molar-refractivity contribution in [2.45, 2.75) is 51.7 Å². The van der Waals surface area contributed by atoms with Crippen LogP contribution in [-0.4, -0.2) is 49.9 Å². The smallest absolute Gasteiger partial charge is 0.432 e. The Morgan fingerprint density at radius 3 is 2.04 bits per heavy atom. The molecule has 7 nitrogen and oxygen atoms in total. The van der Waals surface area contributed by atoms with Crippen molar-refractivity contribution in [3.05, 3.63) is 25.3 Å². The van der Waals surface area contributed by atoms with Crippen molar-refractivity contribution in [1.29, 1.82) is 0 Å². The molecule has 0 unspecified atom stereocenters. The summed E-state index contributed by atoms with van der Waals surface area (Å²) in [7, 11) is 0. The molecule has 0 aliphatic heterocycles. The minimum atomic E-state index is -0.752. The summed E-state index contributed by atoms with van der Waals surface area (Å²) in [4.78, 5) is 22.9. The third kappa shape index (κ3) is 13.0. The first-order valence-corrected chi connectivity index (χ1v) is 8.13. The summed E-state index contributed by atoms with van der Waals surface area (Å²) >= 11 is 0. The Hall–Kier alpha value is -2.02. The van der Waals surface area contributed by atoms with E-state index < -0.39 is 23.5 Å². The van der Waals surface area contributed by atoms with Crippen molar-refractivity contribution in [3.63, 3.8) is 0 Å². The van der Waals surface area contributed by atoms with E-state index >= 15 is 0 Å². The third-order valence-corrected chi connectivity index (χ3v) is 2.97. The SMILES string of the molecule is C=CCOC(=O)OC(C)(C)CCOCCOC(=O)OC(C)(C)CC=C. The highest BCUT2D eigenvalue weighted by Crippen LogP contribution is 2.16. The van der Waals surface area contributed by atoms with Crippen molar-refractivity contribution < 1.29 is 33.3 Å². The Balaban J connectivity index is 3.84. The molecular weight excluding hydrogens is 328 g/mol. The van der Waals surface area contributed by atoms with Crippen LogP contribution in [0.4, 0.5) is 9.59 Å². The average molecular weight is 358 g/mol. The Morgan fingerprint density at radius 1 is 0.840 bits per heavy atom. The number of carbonyl (C=O) groups excluding carboxylic acids is 2. The molecule has 0 saturated heterocycles. The quantitative estimate of drug-likeness (QED) is 0.296. The van der Waals surface area contributed by atoms with E-state index in [4.69, 9.17) is 23.7 Å². The summed E-state index contributed by atoms with van der Waals surface area (Å²) in [6.45, 7) is 14.8. The van der Waals surface area contributed by atoms with E-state index in [1.165, 1.54) is 6.08 Å². The largest absolute Gasteiger partial charge is 0.509 e. The molecule has 0 amide bonds. The van der Waals surface area contributed by atoms with Gasteiger partial charge in [-0.2, -0.15) is 0 Å². The van der Waals surface area contributed by atoms with Gasteiger partial charge in [-0.3, -0.25) is 0 Å². The van der Waals surface area contributed by atoms with Gasteiger partial charge in [0.05, 0.1) is 13.2 Å². The van der Waals surface area contributed by atoms with Gasteiger partial charge in [0, 0.05) is 12.8 Å². The molecule has 0 aromatic rings. The maximum Gasteiger partial charge on any atom is 0.509 e. The predicted molar refractivity (Wildman–Crippen MR) is 93.5 cm³/mol. The van der Waals surface area contributed by atoms with Crippen LogP contribution in [0.3, 0.4) is 0 Å². The zero-order chi connectivity index (χ0) is 19.3.